The standard InChI is InChI=1S/C10H21NOS/c1-5-8(2)12-7-6-10(3,4)9(11)13/h8H,5-7H2,1-4H3,(H2,11,13). The van der Waals surface area contributed by atoms with Gasteiger partial charge >= 0.3 is 0 Å². The Bertz CT molecular complexity index is 168. The third-order valence-electron chi connectivity index (χ3n) is 2.37. The van der Waals surface area contributed by atoms with Crippen molar-refractivity contribution in [2.45, 2.75) is 46.6 Å². The molecule has 0 aromatic rings. The molecule has 0 aliphatic heterocycles. The monoisotopic (exact) mass is 203 g/mol. The molecule has 0 fully saturated rings. The van der Waals surface area contributed by atoms with E-state index >= 15 is 0 Å². The molecule has 1 atom stereocenters. The fourth-order valence-corrected chi connectivity index (χ4v) is 0.858. The van der Waals surface area contributed by atoms with Crippen molar-refractivity contribution in [1.29, 1.82) is 0 Å². The molecule has 0 aliphatic rings. The van der Waals surface area contributed by atoms with Crippen LogP contribution in [0, 0.1) is 5.41 Å². The van der Waals surface area contributed by atoms with Crippen LogP contribution in [-0.4, -0.2) is 17.7 Å². The van der Waals surface area contributed by atoms with Crippen LogP contribution in [0.5, 0.6) is 0 Å². The van der Waals surface area contributed by atoms with Crippen LogP contribution < -0.4 is 5.73 Å². The lowest BCUT2D eigenvalue weighted by atomic mass is 9.90. The predicted octanol–water partition coefficient (Wildman–Crippen LogP) is 2.50. The minimum absolute atomic E-state index is 0.0806. The second-order valence-electron chi connectivity index (χ2n) is 4.09. The summed E-state index contributed by atoms with van der Waals surface area (Å²) >= 11 is 4.96. The fraction of sp³-hybridized carbons (Fsp3) is 0.900. The van der Waals surface area contributed by atoms with Crippen molar-refractivity contribution in [2.75, 3.05) is 6.61 Å². The van der Waals surface area contributed by atoms with Gasteiger partial charge in [0.15, 0.2) is 0 Å². The van der Waals surface area contributed by atoms with Crippen molar-refractivity contribution in [3.63, 3.8) is 0 Å². The van der Waals surface area contributed by atoms with Crippen LogP contribution in [0.3, 0.4) is 0 Å². The van der Waals surface area contributed by atoms with E-state index in [1.807, 2.05) is 0 Å². The first-order valence-corrected chi connectivity index (χ1v) is 5.22. The number of rotatable bonds is 6. The van der Waals surface area contributed by atoms with Gasteiger partial charge in [-0.15, -0.1) is 0 Å². The van der Waals surface area contributed by atoms with E-state index in [2.05, 4.69) is 27.7 Å². The van der Waals surface area contributed by atoms with E-state index in [0.29, 0.717) is 11.1 Å². The zero-order valence-corrected chi connectivity index (χ0v) is 9.91. The maximum absolute atomic E-state index is 5.60. The normalized spacial score (nSPS) is 14.2. The van der Waals surface area contributed by atoms with Crippen molar-refractivity contribution in [2.24, 2.45) is 11.1 Å². The van der Waals surface area contributed by atoms with Gasteiger partial charge in [0.1, 0.15) is 0 Å². The third kappa shape index (κ3) is 5.21. The van der Waals surface area contributed by atoms with E-state index in [4.69, 9.17) is 22.7 Å². The Hall–Kier alpha value is -0.150. The maximum atomic E-state index is 5.60. The molecule has 2 nitrogen and oxygen atoms in total. The molecule has 0 amide bonds. The third-order valence-corrected chi connectivity index (χ3v) is 2.92. The summed E-state index contributed by atoms with van der Waals surface area (Å²) in [4.78, 5) is 0.570. The summed E-state index contributed by atoms with van der Waals surface area (Å²) in [5.74, 6) is 0. The second kappa shape index (κ2) is 5.55. The molecule has 0 saturated heterocycles. The second-order valence-corrected chi connectivity index (χ2v) is 4.53. The van der Waals surface area contributed by atoms with Crippen LogP contribution in [0.25, 0.3) is 0 Å². The number of ether oxygens (including phenoxy) is 1. The molecule has 0 radical (unpaired) electrons. The Balaban J connectivity index is 3.70. The highest BCUT2D eigenvalue weighted by molar-refractivity contribution is 7.80. The highest BCUT2D eigenvalue weighted by Crippen LogP contribution is 2.20. The minimum Gasteiger partial charge on any atom is -0.393 e. The van der Waals surface area contributed by atoms with Gasteiger partial charge in [-0.05, 0) is 19.8 Å². The maximum Gasteiger partial charge on any atom is 0.0785 e. The predicted molar refractivity (Wildman–Crippen MR) is 60.9 cm³/mol. The van der Waals surface area contributed by atoms with E-state index < -0.39 is 0 Å². The van der Waals surface area contributed by atoms with Crippen LogP contribution in [0.2, 0.25) is 0 Å². The summed E-state index contributed by atoms with van der Waals surface area (Å²) < 4.78 is 5.56. The van der Waals surface area contributed by atoms with Crippen molar-refractivity contribution in [3.8, 4) is 0 Å². The fourth-order valence-electron chi connectivity index (χ4n) is 0.756. The van der Waals surface area contributed by atoms with Crippen LogP contribution in [0.15, 0.2) is 0 Å². The summed E-state index contributed by atoms with van der Waals surface area (Å²) in [5.41, 5.74) is 5.51. The molecule has 3 heteroatoms. The summed E-state index contributed by atoms with van der Waals surface area (Å²) in [7, 11) is 0. The molecule has 0 aromatic heterocycles. The van der Waals surface area contributed by atoms with Crippen molar-refractivity contribution < 1.29 is 4.74 Å². The van der Waals surface area contributed by atoms with Crippen molar-refractivity contribution in [1.82, 2.24) is 0 Å². The SMILES string of the molecule is CCC(C)OCCC(C)(C)C(N)=S. The number of hydrogen-bond donors (Lipinski definition) is 1. The van der Waals surface area contributed by atoms with Gasteiger partial charge < -0.3 is 10.5 Å². The Morgan fingerprint density at radius 3 is 2.46 bits per heavy atom. The average molecular weight is 203 g/mol. The highest BCUT2D eigenvalue weighted by atomic mass is 32.1. The molecule has 1 unspecified atom stereocenters. The van der Waals surface area contributed by atoms with Gasteiger partial charge in [0.2, 0.25) is 0 Å². The number of hydrogen-bond acceptors (Lipinski definition) is 2. The largest absolute Gasteiger partial charge is 0.393 e. The Labute approximate surface area is 86.8 Å². The first-order valence-electron chi connectivity index (χ1n) is 4.81. The van der Waals surface area contributed by atoms with E-state index in [-0.39, 0.29) is 5.41 Å². The molecule has 0 aliphatic carbocycles. The van der Waals surface area contributed by atoms with Gasteiger partial charge in [-0.25, -0.2) is 0 Å². The molecule has 0 spiro atoms. The summed E-state index contributed by atoms with van der Waals surface area (Å²) in [6.07, 6.45) is 2.28. The van der Waals surface area contributed by atoms with Crippen molar-refractivity contribution >= 4 is 17.2 Å². The number of thiocarbonyl (C=S) groups is 1. The Morgan fingerprint density at radius 2 is 2.08 bits per heavy atom. The lowest BCUT2D eigenvalue weighted by Gasteiger charge is -2.23. The highest BCUT2D eigenvalue weighted by Gasteiger charge is 2.20. The summed E-state index contributed by atoms with van der Waals surface area (Å²) in [5, 5.41) is 0. The van der Waals surface area contributed by atoms with Gasteiger partial charge in [-0.1, -0.05) is 33.0 Å². The molecular weight excluding hydrogens is 182 g/mol. The smallest absolute Gasteiger partial charge is 0.0785 e. The Kier molecular flexibility index (Phi) is 5.49. The molecule has 0 rings (SSSR count). The van der Waals surface area contributed by atoms with E-state index in [1.165, 1.54) is 0 Å². The molecule has 0 saturated carbocycles. The summed E-state index contributed by atoms with van der Waals surface area (Å²) in [6, 6.07) is 0. The number of nitrogens with two attached hydrogens (primary N) is 1. The molecule has 13 heavy (non-hydrogen) atoms. The molecule has 0 heterocycles. The van der Waals surface area contributed by atoms with Crippen molar-refractivity contribution in [3.05, 3.63) is 0 Å². The van der Waals surface area contributed by atoms with Gasteiger partial charge in [-0.3, -0.25) is 0 Å². The lowest BCUT2D eigenvalue weighted by molar-refractivity contribution is 0.0522. The van der Waals surface area contributed by atoms with Crippen LogP contribution in [0.4, 0.5) is 0 Å². The quantitative estimate of drug-likeness (QED) is 0.674. The first kappa shape index (κ1) is 12.8. The van der Waals surface area contributed by atoms with Gasteiger partial charge in [-0.2, -0.15) is 0 Å². The molecule has 78 valence electrons. The summed E-state index contributed by atoms with van der Waals surface area (Å²) in [6.45, 7) is 9.03. The van der Waals surface area contributed by atoms with Crippen LogP contribution >= 0.6 is 12.2 Å². The zero-order valence-electron chi connectivity index (χ0n) is 9.09. The van der Waals surface area contributed by atoms with Crippen LogP contribution in [-0.2, 0) is 4.74 Å². The molecule has 0 bridgehead atoms. The molecule has 0 aromatic carbocycles. The zero-order chi connectivity index (χ0) is 10.5. The van der Waals surface area contributed by atoms with Gasteiger partial charge in [0.05, 0.1) is 11.1 Å². The average Bonchev–Trinajstić information content (AvgIpc) is 2.03. The molecular formula is C10H21NOS. The topological polar surface area (TPSA) is 35.2 Å². The molecule has 2 N–H and O–H groups in total. The van der Waals surface area contributed by atoms with E-state index in [9.17, 15) is 0 Å². The van der Waals surface area contributed by atoms with E-state index in [1.54, 1.807) is 0 Å². The Morgan fingerprint density at radius 1 is 1.54 bits per heavy atom. The van der Waals surface area contributed by atoms with Gasteiger partial charge in [0, 0.05) is 12.0 Å². The van der Waals surface area contributed by atoms with Crippen LogP contribution in [0.1, 0.15) is 40.5 Å². The van der Waals surface area contributed by atoms with Gasteiger partial charge in [0.25, 0.3) is 0 Å². The van der Waals surface area contributed by atoms with E-state index in [0.717, 1.165) is 19.4 Å². The minimum atomic E-state index is -0.0806. The first-order chi connectivity index (χ1) is 5.90. The lowest BCUT2D eigenvalue weighted by Crippen LogP contribution is -2.31.